The highest BCUT2D eigenvalue weighted by Gasteiger charge is 2.42. The van der Waals surface area contributed by atoms with Gasteiger partial charge >= 0.3 is 0 Å². The zero-order chi connectivity index (χ0) is 21.7. The number of benzene rings is 3. The minimum atomic E-state index is -0.635. The van der Waals surface area contributed by atoms with E-state index in [2.05, 4.69) is 0 Å². The Labute approximate surface area is 183 Å². The zero-order valence-corrected chi connectivity index (χ0v) is 17.4. The maximum absolute atomic E-state index is 13.5. The number of phenolic OH excluding ortho intramolecular Hbond substituents is 1. The van der Waals surface area contributed by atoms with Crippen LogP contribution in [0.15, 0.2) is 75.9 Å². The van der Waals surface area contributed by atoms with E-state index in [4.69, 9.17) is 16.0 Å². The molecule has 1 unspecified atom stereocenters. The first kappa shape index (κ1) is 19.4. The van der Waals surface area contributed by atoms with Gasteiger partial charge in [-0.2, -0.15) is 0 Å². The predicted molar refractivity (Wildman–Crippen MR) is 118 cm³/mol. The summed E-state index contributed by atoms with van der Waals surface area (Å²) in [5, 5.41) is 10.5. The smallest absolute Gasteiger partial charge is 0.291 e. The van der Waals surface area contributed by atoms with E-state index in [9.17, 15) is 14.7 Å². The number of hydrogen-bond donors (Lipinski definition) is 1. The van der Waals surface area contributed by atoms with Crippen LogP contribution in [0.25, 0.3) is 11.0 Å². The Morgan fingerprint density at radius 2 is 1.71 bits per heavy atom. The van der Waals surface area contributed by atoms with E-state index in [0.717, 1.165) is 11.1 Å². The van der Waals surface area contributed by atoms with Crippen LogP contribution in [0.1, 0.15) is 38.9 Å². The van der Waals surface area contributed by atoms with Crippen molar-refractivity contribution in [1.82, 2.24) is 4.90 Å². The number of phenols is 1. The SMILES string of the molecule is Cc1ccc(CN2C(=O)c3oc4ccc(Cl)cc4c(=O)c3C2c2ccc(O)cc2)cc1. The maximum atomic E-state index is 13.5. The lowest BCUT2D eigenvalue weighted by atomic mass is 9.98. The number of aryl methyl sites for hydroxylation is 1. The Bertz CT molecular complexity index is 1370. The molecule has 1 atom stereocenters. The van der Waals surface area contributed by atoms with Crippen molar-refractivity contribution in [3.05, 3.63) is 110 Å². The Hall–Kier alpha value is -3.57. The first-order chi connectivity index (χ1) is 14.9. The minimum Gasteiger partial charge on any atom is -0.508 e. The van der Waals surface area contributed by atoms with Crippen LogP contribution in [0.5, 0.6) is 5.75 Å². The zero-order valence-electron chi connectivity index (χ0n) is 16.6. The monoisotopic (exact) mass is 431 g/mol. The molecule has 3 aromatic carbocycles. The summed E-state index contributed by atoms with van der Waals surface area (Å²) in [5.41, 5.74) is 3.11. The van der Waals surface area contributed by atoms with Crippen molar-refractivity contribution in [1.29, 1.82) is 0 Å². The summed E-state index contributed by atoms with van der Waals surface area (Å²) in [6, 6.07) is 18.6. The Balaban J connectivity index is 1.72. The van der Waals surface area contributed by atoms with Crippen LogP contribution in [-0.2, 0) is 6.54 Å². The number of aromatic hydroxyl groups is 1. The van der Waals surface area contributed by atoms with Crippen molar-refractivity contribution in [2.75, 3.05) is 0 Å². The Morgan fingerprint density at radius 1 is 1.00 bits per heavy atom. The van der Waals surface area contributed by atoms with Gasteiger partial charge in [0.15, 0.2) is 5.43 Å². The maximum Gasteiger partial charge on any atom is 0.291 e. The van der Waals surface area contributed by atoms with Crippen LogP contribution in [0.3, 0.4) is 0 Å². The lowest BCUT2D eigenvalue weighted by molar-refractivity contribution is 0.0714. The van der Waals surface area contributed by atoms with E-state index in [1.165, 1.54) is 0 Å². The normalized spacial score (nSPS) is 15.5. The summed E-state index contributed by atoms with van der Waals surface area (Å²) in [5.74, 6) is -0.191. The number of nitrogens with zero attached hydrogens (tertiary/aromatic N) is 1. The van der Waals surface area contributed by atoms with Crippen molar-refractivity contribution >= 4 is 28.5 Å². The van der Waals surface area contributed by atoms with E-state index < -0.39 is 6.04 Å². The van der Waals surface area contributed by atoms with Gasteiger partial charge in [-0.1, -0.05) is 53.6 Å². The molecule has 6 heteroatoms. The molecule has 0 saturated carbocycles. The molecule has 2 heterocycles. The van der Waals surface area contributed by atoms with E-state index in [1.54, 1.807) is 47.4 Å². The molecule has 1 N–H and O–H groups in total. The first-order valence-electron chi connectivity index (χ1n) is 9.84. The summed E-state index contributed by atoms with van der Waals surface area (Å²) < 4.78 is 5.92. The molecular formula is C25H18ClNO4. The molecule has 0 fully saturated rings. The molecule has 5 nitrogen and oxygen atoms in total. The van der Waals surface area contributed by atoms with Gasteiger partial charge in [-0.15, -0.1) is 0 Å². The van der Waals surface area contributed by atoms with E-state index >= 15 is 0 Å². The number of hydrogen-bond acceptors (Lipinski definition) is 4. The summed E-state index contributed by atoms with van der Waals surface area (Å²) in [4.78, 5) is 28.5. The molecule has 0 saturated heterocycles. The second-order valence-corrected chi connectivity index (χ2v) is 8.16. The van der Waals surface area contributed by atoms with E-state index in [1.807, 2.05) is 31.2 Å². The molecule has 1 aliphatic heterocycles. The van der Waals surface area contributed by atoms with Crippen LogP contribution in [0, 0.1) is 6.92 Å². The molecule has 1 aliphatic rings. The molecule has 154 valence electrons. The number of rotatable bonds is 3. The van der Waals surface area contributed by atoms with Crippen LogP contribution >= 0.6 is 11.6 Å². The van der Waals surface area contributed by atoms with Gasteiger partial charge in [0.05, 0.1) is 17.0 Å². The number of fused-ring (bicyclic) bond motifs is 2. The molecule has 0 bridgehead atoms. The summed E-state index contributed by atoms with van der Waals surface area (Å²) in [6.07, 6.45) is 0. The fourth-order valence-corrected chi connectivity index (χ4v) is 4.22. The fraction of sp³-hybridized carbons (Fsp3) is 0.120. The molecule has 5 rings (SSSR count). The van der Waals surface area contributed by atoms with Crippen molar-refractivity contribution in [3.63, 3.8) is 0 Å². The minimum absolute atomic E-state index is 0.0463. The van der Waals surface area contributed by atoms with Gasteiger partial charge in [-0.05, 0) is 48.4 Å². The molecule has 0 aliphatic carbocycles. The Morgan fingerprint density at radius 3 is 2.42 bits per heavy atom. The second-order valence-electron chi connectivity index (χ2n) is 7.73. The van der Waals surface area contributed by atoms with Gasteiger partial charge in [0, 0.05) is 11.6 Å². The largest absolute Gasteiger partial charge is 0.508 e. The van der Waals surface area contributed by atoms with E-state index in [0.29, 0.717) is 28.1 Å². The van der Waals surface area contributed by atoms with Gasteiger partial charge in [0.1, 0.15) is 11.3 Å². The van der Waals surface area contributed by atoms with Crippen LogP contribution < -0.4 is 5.43 Å². The number of amides is 1. The summed E-state index contributed by atoms with van der Waals surface area (Å²) in [7, 11) is 0. The summed E-state index contributed by atoms with van der Waals surface area (Å²) in [6.45, 7) is 2.31. The number of halogens is 1. The lowest BCUT2D eigenvalue weighted by Gasteiger charge is -2.25. The van der Waals surface area contributed by atoms with Gasteiger partial charge in [-0.3, -0.25) is 9.59 Å². The van der Waals surface area contributed by atoms with Gasteiger partial charge in [0.2, 0.25) is 5.76 Å². The quantitative estimate of drug-likeness (QED) is 0.483. The van der Waals surface area contributed by atoms with Crippen molar-refractivity contribution < 1.29 is 14.3 Å². The molecule has 4 aromatic rings. The highest BCUT2D eigenvalue weighted by molar-refractivity contribution is 6.31. The van der Waals surface area contributed by atoms with Crippen molar-refractivity contribution in [2.45, 2.75) is 19.5 Å². The standard InChI is InChI=1S/C25H18ClNO4/c1-14-2-4-15(5-3-14)13-27-22(16-6-9-18(28)10-7-16)21-23(29)19-12-17(26)8-11-20(19)31-24(21)25(27)30/h2-12,22,28H,13H2,1H3. The Kier molecular flexibility index (Phi) is 4.56. The van der Waals surface area contributed by atoms with Crippen molar-refractivity contribution in [3.8, 4) is 5.75 Å². The average molecular weight is 432 g/mol. The topological polar surface area (TPSA) is 70.8 Å². The molecule has 1 aromatic heterocycles. The van der Waals surface area contributed by atoms with Gasteiger partial charge in [0.25, 0.3) is 5.91 Å². The molecule has 31 heavy (non-hydrogen) atoms. The third-order valence-electron chi connectivity index (χ3n) is 5.61. The highest BCUT2D eigenvalue weighted by Crippen LogP contribution is 2.39. The third kappa shape index (κ3) is 3.27. The van der Waals surface area contributed by atoms with Gasteiger partial charge < -0.3 is 14.4 Å². The summed E-state index contributed by atoms with van der Waals surface area (Å²) >= 11 is 6.10. The highest BCUT2D eigenvalue weighted by atomic mass is 35.5. The van der Waals surface area contributed by atoms with Crippen LogP contribution in [-0.4, -0.2) is 15.9 Å². The lowest BCUT2D eigenvalue weighted by Crippen LogP contribution is -2.29. The second kappa shape index (κ2) is 7.29. The average Bonchev–Trinajstić information content (AvgIpc) is 3.03. The van der Waals surface area contributed by atoms with Crippen molar-refractivity contribution in [2.24, 2.45) is 0 Å². The fourth-order valence-electron chi connectivity index (χ4n) is 4.05. The van der Waals surface area contributed by atoms with Crippen LogP contribution in [0.2, 0.25) is 5.02 Å². The third-order valence-corrected chi connectivity index (χ3v) is 5.85. The first-order valence-corrected chi connectivity index (χ1v) is 10.2. The molecular weight excluding hydrogens is 414 g/mol. The van der Waals surface area contributed by atoms with Crippen LogP contribution in [0.4, 0.5) is 0 Å². The molecule has 0 radical (unpaired) electrons. The molecule has 0 spiro atoms. The molecule has 1 amide bonds. The number of carbonyl (C=O) groups excluding carboxylic acids is 1. The van der Waals surface area contributed by atoms with E-state index in [-0.39, 0.29) is 28.4 Å². The van der Waals surface area contributed by atoms with Gasteiger partial charge in [-0.25, -0.2) is 0 Å². The predicted octanol–water partition coefficient (Wildman–Crippen LogP) is 5.21. The number of carbonyl (C=O) groups is 1.